The van der Waals surface area contributed by atoms with Crippen LogP contribution in [0.3, 0.4) is 0 Å². The molecule has 0 fully saturated rings. The third kappa shape index (κ3) is 3.34. The molecule has 0 radical (unpaired) electrons. The monoisotopic (exact) mass is 287 g/mol. The molecule has 1 amide bonds. The van der Waals surface area contributed by atoms with E-state index in [1.807, 2.05) is 6.92 Å². The number of aromatic nitrogens is 2. The van der Waals surface area contributed by atoms with Gasteiger partial charge in [0.15, 0.2) is 0 Å². The van der Waals surface area contributed by atoms with E-state index in [9.17, 15) is 4.79 Å². The maximum absolute atomic E-state index is 11.5. The molecular formula is C9H14BrN5O. The molecule has 0 spiro atoms. The number of carbonyl (C=O) groups excluding carboxylic acids is 1. The number of hydrogen-bond donors (Lipinski definition) is 3. The number of rotatable bonds is 4. The number of nitrogens with zero attached hydrogens (tertiary/aromatic N) is 2. The normalized spacial score (nSPS) is 11.9. The van der Waals surface area contributed by atoms with Crippen molar-refractivity contribution < 1.29 is 4.79 Å². The lowest BCUT2D eigenvalue weighted by molar-refractivity contribution is -0.121. The number of likely N-dealkylation sites (N-methyl/N-ethyl adjacent to an activating group) is 1. The second kappa shape index (κ2) is 5.64. The summed E-state index contributed by atoms with van der Waals surface area (Å²) in [6, 6.07) is -0.384. The van der Waals surface area contributed by atoms with Gasteiger partial charge in [-0.25, -0.2) is 4.98 Å². The number of anilines is 2. The van der Waals surface area contributed by atoms with Crippen molar-refractivity contribution in [2.75, 3.05) is 17.6 Å². The smallest absolute Gasteiger partial charge is 0.242 e. The summed E-state index contributed by atoms with van der Waals surface area (Å²) in [5.41, 5.74) is 5.45. The minimum Gasteiger partial charge on any atom is -0.368 e. The van der Waals surface area contributed by atoms with E-state index in [1.165, 1.54) is 6.20 Å². The first-order valence-corrected chi connectivity index (χ1v) is 5.66. The predicted octanol–water partition coefficient (Wildman–Crippen LogP) is 0.758. The fraction of sp³-hybridized carbons (Fsp3) is 0.444. The summed E-state index contributed by atoms with van der Waals surface area (Å²) >= 11 is 3.27. The van der Waals surface area contributed by atoms with Crippen LogP contribution in [0.25, 0.3) is 0 Å². The van der Waals surface area contributed by atoms with Crippen LogP contribution >= 0.6 is 15.9 Å². The summed E-state index contributed by atoms with van der Waals surface area (Å²) in [5.74, 6) is 0.576. The number of carbonyl (C=O) groups is 1. The Hall–Kier alpha value is -1.37. The molecule has 0 aliphatic carbocycles. The molecule has 7 heteroatoms. The van der Waals surface area contributed by atoms with Crippen molar-refractivity contribution in [2.24, 2.45) is 0 Å². The van der Waals surface area contributed by atoms with Gasteiger partial charge in [-0.1, -0.05) is 0 Å². The highest BCUT2D eigenvalue weighted by Crippen LogP contribution is 2.19. The Kier molecular flexibility index (Phi) is 4.48. The van der Waals surface area contributed by atoms with E-state index in [4.69, 9.17) is 5.73 Å². The fourth-order valence-electron chi connectivity index (χ4n) is 1.08. The number of nitrogens with two attached hydrogens (primary N) is 1. The van der Waals surface area contributed by atoms with Crippen LogP contribution in [-0.4, -0.2) is 28.5 Å². The molecule has 0 saturated heterocycles. The van der Waals surface area contributed by atoms with Crippen LogP contribution in [0.5, 0.6) is 0 Å². The minimum atomic E-state index is -0.384. The molecule has 1 heterocycles. The van der Waals surface area contributed by atoms with Crippen molar-refractivity contribution in [2.45, 2.75) is 19.9 Å². The van der Waals surface area contributed by atoms with Gasteiger partial charge in [-0.05, 0) is 29.8 Å². The molecule has 16 heavy (non-hydrogen) atoms. The van der Waals surface area contributed by atoms with Gasteiger partial charge in [-0.3, -0.25) is 4.79 Å². The maximum Gasteiger partial charge on any atom is 0.242 e. The molecule has 0 aliphatic heterocycles. The molecule has 88 valence electrons. The van der Waals surface area contributed by atoms with Gasteiger partial charge in [0.1, 0.15) is 11.9 Å². The van der Waals surface area contributed by atoms with E-state index in [1.54, 1.807) is 6.92 Å². The number of amides is 1. The van der Waals surface area contributed by atoms with Crippen LogP contribution in [0.1, 0.15) is 13.8 Å². The van der Waals surface area contributed by atoms with Crippen LogP contribution in [0.15, 0.2) is 10.7 Å². The molecule has 0 saturated carbocycles. The van der Waals surface area contributed by atoms with Crippen molar-refractivity contribution in [1.82, 2.24) is 15.3 Å². The second-order valence-corrected chi connectivity index (χ2v) is 4.04. The van der Waals surface area contributed by atoms with Gasteiger partial charge >= 0.3 is 0 Å². The number of nitrogen functional groups attached to an aromatic ring is 1. The lowest BCUT2D eigenvalue weighted by Gasteiger charge is -2.14. The highest BCUT2D eigenvalue weighted by Gasteiger charge is 2.13. The first-order chi connectivity index (χ1) is 7.54. The Morgan fingerprint density at radius 2 is 2.38 bits per heavy atom. The Morgan fingerprint density at radius 1 is 1.69 bits per heavy atom. The van der Waals surface area contributed by atoms with E-state index in [2.05, 4.69) is 36.5 Å². The van der Waals surface area contributed by atoms with Crippen molar-refractivity contribution in [1.29, 1.82) is 0 Å². The van der Waals surface area contributed by atoms with Crippen LogP contribution in [0.2, 0.25) is 0 Å². The fourth-order valence-corrected chi connectivity index (χ4v) is 1.39. The molecule has 0 aromatic carbocycles. The lowest BCUT2D eigenvalue weighted by atomic mass is 10.3. The quantitative estimate of drug-likeness (QED) is 0.760. The Balaban J connectivity index is 2.72. The molecule has 1 atom stereocenters. The highest BCUT2D eigenvalue weighted by atomic mass is 79.9. The van der Waals surface area contributed by atoms with Gasteiger partial charge in [0.05, 0.1) is 4.47 Å². The van der Waals surface area contributed by atoms with Crippen molar-refractivity contribution in [3.63, 3.8) is 0 Å². The van der Waals surface area contributed by atoms with Crippen molar-refractivity contribution in [3.8, 4) is 0 Å². The largest absolute Gasteiger partial charge is 0.368 e. The Labute approximate surface area is 102 Å². The molecule has 1 unspecified atom stereocenters. The molecule has 1 aromatic rings. The van der Waals surface area contributed by atoms with E-state index in [0.29, 0.717) is 16.8 Å². The van der Waals surface area contributed by atoms with Crippen LogP contribution in [-0.2, 0) is 4.79 Å². The second-order valence-electron chi connectivity index (χ2n) is 3.19. The zero-order valence-electron chi connectivity index (χ0n) is 9.12. The predicted molar refractivity (Wildman–Crippen MR) is 65.9 cm³/mol. The summed E-state index contributed by atoms with van der Waals surface area (Å²) in [6.07, 6.45) is 1.54. The van der Waals surface area contributed by atoms with Crippen molar-refractivity contribution >= 4 is 33.6 Å². The average molecular weight is 288 g/mol. The molecule has 0 aliphatic rings. The summed E-state index contributed by atoms with van der Waals surface area (Å²) in [6.45, 7) is 4.21. The average Bonchev–Trinajstić information content (AvgIpc) is 2.23. The van der Waals surface area contributed by atoms with Crippen LogP contribution < -0.4 is 16.4 Å². The van der Waals surface area contributed by atoms with E-state index >= 15 is 0 Å². The summed E-state index contributed by atoms with van der Waals surface area (Å²) in [4.78, 5) is 19.3. The van der Waals surface area contributed by atoms with E-state index < -0.39 is 0 Å². The van der Waals surface area contributed by atoms with E-state index in [0.717, 1.165) is 0 Å². The number of nitrogens with one attached hydrogen (secondary N) is 2. The first-order valence-electron chi connectivity index (χ1n) is 4.86. The van der Waals surface area contributed by atoms with E-state index in [-0.39, 0.29) is 17.9 Å². The Morgan fingerprint density at radius 3 is 3.00 bits per heavy atom. The SMILES string of the molecule is CCNC(=O)C(C)Nc1nc(N)ncc1Br. The van der Waals surface area contributed by atoms with Gasteiger partial charge in [0, 0.05) is 12.7 Å². The topological polar surface area (TPSA) is 92.9 Å². The zero-order valence-corrected chi connectivity index (χ0v) is 10.7. The highest BCUT2D eigenvalue weighted by molar-refractivity contribution is 9.10. The summed E-state index contributed by atoms with van der Waals surface area (Å²) < 4.78 is 0.665. The zero-order chi connectivity index (χ0) is 12.1. The third-order valence-electron chi connectivity index (χ3n) is 1.86. The number of halogens is 1. The summed E-state index contributed by atoms with van der Waals surface area (Å²) in [5, 5.41) is 5.65. The lowest BCUT2D eigenvalue weighted by Crippen LogP contribution is -2.37. The third-order valence-corrected chi connectivity index (χ3v) is 2.44. The number of hydrogen-bond acceptors (Lipinski definition) is 5. The standard InChI is InChI=1S/C9H14BrN5O/c1-3-12-8(16)5(2)14-7-6(10)4-13-9(11)15-7/h4-5H,3H2,1-2H3,(H,12,16)(H3,11,13,14,15). The minimum absolute atomic E-state index is 0.0911. The molecule has 0 bridgehead atoms. The van der Waals surface area contributed by atoms with Gasteiger partial charge in [0.25, 0.3) is 0 Å². The molecule has 4 N–H and O–H groups in total. The first kappa shape index (κ1) is 12.7. The van der Waals surface area contributed by atoms with Gasteiger partial charge in [-0.2, -0.15) is 4.98 Å². The van der Waals surface area contributed by atoms with Gasteiger partial charge < -0.3 is 16.4 Å². The Bertz CT molecular complexity index is 384. The molecule has 1 rings (SSSR count). The molecular weight excluding hydrogens is 274 g/mol. The van der Waals surface area contributed by atoms with Crippen LogP contribution in [0.4, 0.5) is 11.8 Å². The van der Waals surface area contributed by atoms with Crippen LogP contribution in [0, 0.1) is 0 Å². The van der Waals surface area contributed by atoms with Crippen molar-refractivity contribution in [3.05, 3.63) is 10.7 Å². The summed E-state index contributed by atoms with van der Waals surface area (Å²) in [7, 11) is 0. The van der Waals surface area contributed by atoms with Gasteiger partial charge in [0.2, 0.25) is 11.9 Å². The molecule has 6 nitrogen and oxygen atoms in total. The molecule has 1 aromatic heterocycles. The maximum atomic E-state index is 11.5. The van der Waals surface area contributed by atoms with Gasteiger partial charge in [-0.15, -0.1) is 0 Å².